The summed E-state index contributed by atoms with van der Waals surface area (Å²) in [7, 11) is -3.68. The van der Waals surface area contributed by atoms with Crippen LogP contribution in [0.25, 0.3) is 0 Å². The van der Waals surface area contributed by atoms with Crippen molar-refractivity contribution < 1.29 is 18.0 Å². The van der Waals surface area contributed by atoms with E-state index in [0.717, 1.165) is 4.88 Å². The number of sulfonamides is 1. The van der Waals surface area contributed by atoms with Gasteiger partial charge in [0, 0.05) is 23.2 Å². The molecule has 0 bridgehead atoms. The summed E-state index contributed by atoms with van der Waals surface area (Å²) in [6.45, 7) is 1.62. The lowest BCUT2D eigenvalue weighted by Crippen LogP contribution is -2.34. The number of aromatic nitrogens is 1. The summed E-state index contributed by atoms with van der Waals surface area (Å²) in [4.78, 5) is 30.1. The lowest BCUT2D eigenvalue weighted by molar-refractivity contribution is -0.114. The van der Waals surface area contributed by atoms with Crippen LogP contribution in [0.3, 0.4) is 0 Å². The van der Waals surface area contributed by atoms with E-state index in [2.05, 4.69) is 9.71 Å². The average Bonchev–Trinajstić information content (AvgIpc) is 3.19. The van der Waals surface area contributed by atoms with Crippen molar-refractivity contribution in [2.45, 2.75) is 13.3 Å². The summed E-state index contributed by atoms with van der Waals surface area (Å²) >= 11 is 7.16. The topological polar surface area (TPSA) is 96.4 Å². The van der Waals surface area contributed by atoms with Crippen LogP contribution in [-0.2, 0) is 21.2 Å². The number of nitrogens with zero attached hydrogens (tertiary/aromatic N) is 2. The van der Waals surface area contributed by atoms with Gasteiger partial charge in [0.05, 0.1) is 10.1 Å². The minimum absolute atomic E-state index is 0.00310. The van der Waals surface area contributed by atoms with Gasteiger partial charge >= 0.3 is 0 Å². The number of rotatable bonds is 7. The zero-order valence-corrected chi connectivity index (χ0v) is 16.7. The molecule has 0 radical (unpaired) electrons. The Kier molecular flexibility index (Phi) is 5.64. The Hall–Kier alpha value is -2.23. The van der Waals surface area contributed by atoms with E-state index in [9.17, 15) is 18.0 Å². The van der Waals surface area contributed by atoms with Crippen molar-refractivity contribution in [1.29, 1.82) is 0 Å². The Balaban J connectivity index is 1.62. The number of hydrogen-bond donors (Lipinski definition) is 1. The number of thiophene rings is 1. The second-order valence-corrected chi connectivity index (χ2v) is 9.51. The first-order valence-corrected chi connectivity index (χ1v) is 10.8. The largest absolute Gasteiger partial charge is 0.294 e. The molecular formula is C17H16ClN3O4S2. The van der Waals surface area contributed by atoms with Crippen LogP contribution in [0.4, 0.5) is 5.82 Å². The molecule has 0 saturated carbocycles. The van der Waals surface area contributed by atoms with Gasteiger partial charge in [-0.05, 0) is 43.7 Å². The molecule has 0 spiro atoms. The zero-order valence-electron chi connectivity index (χ0n) is 14.3. The van der Waals surface area contributed by atoms with E-state index in [0.29, 0.717) is 22.1 Å². The number of amides is 1. The van der Waals surface area contributed by atoms with Gasteiger partial charge in [0.15, 0.2) is 5.78 Å². The van der Waals surface area contributed by atoms with Gasteiger partial charge in [0.2, 0.25) is 10.0 Å². The number of nitrogens with one attached hydrogen (secondary N) is 1. The minimum atomic E-state index is -3.68. The van der Waals surface area contributed by atoms with Gasteiger partial charge in [-0.25, -0.2) is 13.4 Å². The van der Waals surface area contributed by atoms with Gasteiger partial charge in [-0.3, -0.25) is 19.2 Å². The number of carbonyl (C=O) groups is 2. The number of ketones is 1. The summed E-state index contributed by atoms with van der Waals surface area (Å²) in [5, 5.41) is 0. The van der Waals surface area contributed by atoms with Crippen molar-refractivity contribution in [3.8, 4) is 0 Å². The van der Waals surface area contributed by atoms with Crippen LogP contribution in [-0.4, -0.2) is 37.4 Å². The highest BCUT2D eigenvalue weighted by atomic mass is 35.5. The molecule has 1 aliphatic heterocycles. The predicted octanol–water partition coefficient (Wildman–Crippen LogP) is 2.39. The van der Waals surface area contributed by atoms with E-state index >= 15 is 0 Å². The Labute approximate surface area is 165 Å². The lowest BCUT2D eigenvalue weighted by atomic mass is 10.2. The molecule has 3 heterocycles. The fraction of sp³-hybridized carbons (Fsp3) is 0.235. The van der Waals surface area contributed by atoms with Crippen LogP contribution in [0.15, 0.2) is 42.2 Å². The fourth-order valence-electron chi connectivity index (χ4n) is 2.47. The van der Waals surface area contributed by atoms with Crippen molar-refractivity contribution in [3.63, 3.8) is 0 Å². The summed E-state index contributed by atoms with van der Waals surface area (Å²) < 4.78 is 27.5. The quantitative estimate of drug-likeness (QED) is 0.687. The lowest BCUT2D eigenvalue weighted by Gasteiger charge is -2.16. The summed E-state index contributed by atoms with van der Waals surface area (Å²) in [5.41, 5.74) is 0.435. The number of anilines is 1. The van der Waals surface area contributed by atoms with E-state index in [1.807, 2.05) is 0 Å². The molecule has 1 amide bonds. The van der Waals surface area contributed by atoms with E-state index in [1.54, 1.807) is 24.3 Å². The molecule has 0 aliphatic carbocycles. The van der Waals surface area contributed by atoms with Crippen molar-refractivity contribution >= 4 is 50.5 Å². The maximum atomic E-state index is 12.5. The first-order chi connectivity index (χ1) is 12.7. The number of Topliss-reactive ketones (excluding diaryl/α,β-unsaturated/α-hetero) is 1. The number of hydrogen-bond acceptors (Lipinski definition) is 6. The van der Waals surface area contributed by atoms with Crippen molar-refractivity contribution in [2.24, 2.45) is 0 Å². The Bertz CT molecular complexity index is 1010. The molecule has 0 fully saturated rings. The first kappa shape index (κ1) is 19.5. The molecule has 1 aliphatic rings. The molecule has 142 valence electrons. The predicted molar refractivity (Wildman–Crippen MR) is 105 cm³/mol. The Morgan fingerprint density at radius 3 is 2.70 bits per heavy atom. The monoisotopic (exact) mass is 425 g/mol. The van der Waals surface area contributed by atoms with Crippen LogP contribution < -0.4 is 9.62 Å². The summed E-state index contributed by atoms with van der Waals surface area (Å²) in [6, 6.07) is 6.63. The van der Waals surface area contributed by atoms with Crippen LogP contribution in [0.2, 0.25) is 4.34 Å². The smallest absolute Gasteiger partial charge is 0.276 e. The maximum absolute atomic E-state index is 12.5. The van der Waals surface area contributed by atoms with Gasteiger partial charge in [-0.2, -0.15) is 0 Å². The van der Waals surface area contributed by atoms with Crippen molar-refractivity contribution in [1.82, 2.24) is 9.71 Å². The highest BCUT2D eigenvalue weighted by Gasteiger charge is 2.29. The molecule has 0 atom stereocenters. The molecule has 10 heteroatoms. The molecule has 0 aromatic carbocycles. The van der Waals surface area contributed by atoms with Crippen LogP contribution in [0, 0.1) is 0 Å². The number of pyridine rings is 1. The van der Waals surface area contributed by atoms with Gasteiger partial charge in [0.25, 0.3) is 5.91 Å². The third kappa shape index (κ3) is 4.74. The van der Waals surface area contributed by atoms with Gasteiger partial charge in [-0.15, -0.1) is 11.3 Å². The first-order valence-electron chi connectivity index (χ1n) is 7.99. The van der Waals surface area contributed by atoms with Gasteiger partial charge < -0.3 is 0 Å². The fourth-order valence-corrected chi connectivity index (χ4v) is 4.79. The highest BCUT2D eigenvalue weighted by Crippen LogP contribution is 2.22. The maximum Gasteiger partial charge on any atom is 0.276 e. The summed E-state index contributed by atoms with van der Waals surface area (Å²) in [5.74, 6) is -0.412. The normalized spacial score (nSPS) is 14.4. The van der Waals surface area contributed by atoms with E-state index in [-0.39, 0.29) is 23.8 Å². The molecular weight excluding hydrogens is 410 g/mol. The molecule has 7 nitrogen and oxygen atoms in total. The van der Waals surface area contributed by atoms with E-state index in [1.165, 1.54) is 35.4 Å². The molecule has 3 rings (SSSR count). The molecule has 2 aromatic heterocycles. The summed E-state index contributed by atoms with van der Waals surface area (Å²) in [6.07, 6.45) is 3.20. The van der Waals surface area contributed by atoms with E-state index < -0.39 is 15.9 Å². The molecule has 27 heavy (non-hydrogen) atoms. The average molecular weight is 426 g/mol. The van der Waals surface area contributed by atoms with Crippen LogP contribution >= 0.6 is 22.9 Å². The molecule has 2 aromatic rings. The Morgan fingerprint density at radius 1 is 1.33 bits per heavy atom. The van der Waals surface area contributed by atoms with Crippen LogP contribution in [0.1, 0.15) is 22.2 Å². The van der Waals surface area contributed by atoms with Crippen LogP contribution in [0.5, 0.6) is 0 Å². The highest BCUT2D eigenvalue weighted by molar-refractivity contribution is 7.89. The third-order valence-corrected chi connectivity index (χ3v) is 6.46. The number of aryl methyl sites for hydroxylation is 1. The second-order valence-electron chi connectivity index (χ2n) is 5.87. The van der Waals surface area contributed by atoms with E-state index in [4.69, 9.17) is 11.6 Å². The molecule has 0 saturated heterocycles. The molecule has 1 N–H and O–H groups in total. The second kappa shape index (κ2) is 7.79. The molecule has 0 unspecified atom stereocenters. The minimum Gasteiger partial charge on any atom is -0.294 e. The zero-order chi connectivity index (χ0) is 19.6. The number of halogens is 1. The van der Waals surface area contributed by atoms with Crippen molar-refractivity contribution in [2.75, 3.05) is 17.2 Å². The Morgan fingerprint density at radius 2 is 2.11 bits per heavy atom. The number of carbonyl (C=O) groups excluding carboxylic acids is 2. The third-order valence-electron chi connectivity index (χ3n) is 3.90. The standard InChI is InChI=1S/C17H16ClN3O4S2/c1-11(22)12-2-5-16(19-10-12)21-8-6-14(17(21)23)20-27(24,25)9-7-13-3-4-15(18)26-13/h2-6,10,20H,7-9H2,1H3. The van der Waals surface area contributed by atoms with Gasteiger partial charge in [-0.1, -0.05) is 11.6 Å². The van der Waals surface area contributed by atoms with Crippen molar-refractivity contribution in [3.05, 3.63) is 57.0 Å². The SMILES string of the molecule is CC(=O)c1ccc(N2CC=C(NS(=O)(=O)CCc3ccc(Cl)s3)C2=O)nc1. The van der Waals surface area contributed by atoms with Gasteiger partial charge in [0.1, 0.15) is 11.5 Å².